The van der Waals surface area contributed by atoms with E-state index in [2.05, 4.69) is 4.98 Å². The van der Waals surface area contributed by atoms with Crippen molar-refractivity contribution >= 4 is 12.6 Å². The van der Waals surface area contributed by atoms with E-state index in [1.165, 1.54) is 33.8 Å². The van der Waals surface area contributed by atoms with Crippen LogP contribution >= 0.6 is 0 Å². The minimum Gasteiger partial charge on any atom is -0.478 e. The van der Waals surface area contributed by atoms with Crippen molar-refractivity contribution in [2.24, 2.45) is 0 Å². The maximum absolute atomic E-state index is 12.9. The number of hydrogen-bond donors (Lipinski definition) is 2. The Kier molecular flexibility index (Phi) is 5.72. The van der Waals surface area contributed by atoms with Gasteiger partial charge in [0.1, 0.15) is 5.69 Å². The number of halogens is 3. The van der Waals surface area contributed by atoms with Gasteiger partial charge in [-0.05, 0) is 46.1 Å². The van der Waals surface area contributed by atoms with Crippen LogP contribution in [0.15, 0.2) is 12.1 Å². The Morgan fingerprint density at radius 2 is 1.74 bits per heavy atom. The summed E-state index contributed by atoms with van der Waals surface area (Å²) >= 11 is 0. The van der Waals surface area contributed by atoms with Crippen LogP contribution in [0.3, 0.4) is 0 Å². The van der Waals surface area contributed by atoms with Crippen LogP contribution in [0.5, 0.6) is 5.88 Å². The SMILES string of the molecule is CCOc1cc(B(O)OC(C)(C)C(C)(C)O)cc(C(F)(F)F)n1. The van der Waals surface area contributed by atoms with E-state index in [1.807, 2.05) is 0 Å². The molecule has 0 fully saturated rings. The zero-order valence-electron chi connectivity index (χ0n) is 13.7. The number of hydrogen-bond acceptors (Lipinski definition) is 5. The van der Waals surface area contributed by atoms with Gasteiger partial charge in [-0.2, -0.15) is 13.2 Å². The second-order valence-corrected chi connectivity index (χ2v) is 6.09. The van der Waals surface area contributed by atoms with Gasteiger partial charge in [0.2, 0.25) is 5.88 Å². The summed E-state index contributed by atoms with van der Waals surface area (Å²) in [6.07, 6.45) is -4.69. The topological polar surface area (TPSA) is 71.8 Å². The van der Waals surface area contributed by atoms with E-state index in [4.69, 9.17) is 9.39 Å². The molecule has 1 heterocycles. The van der Waals surface area contributed by atoms with Crippen LogP contribution in [-0.2, 0) is 10.8 Å². The molecule has 0 radical (unpaired) electrons. The fourth-order valence-corrected chi connectivity index (χ4v) is 1.53. The van der Waals surface area contributed by atoms with E-state index < -0.39 is 30.2 Å². The average Bonchev–Trinajstić information content (AvgIpc) is 2.35. The minimum atomic E-state index is -4.69. The van der Waals surface area contributed by atoms with Gasteiger partial charge in [-0.3, -0.25) is 0 Å². The smallest absolute Gasteiger partial charge is 0.478 e. The number of rotatable bonds is 6. The molecule has 130 valence electrons. The van der Waals surface area contributed by atoms with Crippen molar-refractivity contribution in [3.05, 3.63) is 17.8 Å². The summed E-state index contributed by atoms with van der Waals surface area (Å²) < 4.78 is 49.0. The van der Waals surface area contributed by atoms with Crippen LogP contribution in [0.1, 0.15) is 40.3 Å². The number of nitrogens with zero attached hydrogens (tertiary/aromatic N) is 1. The first-order valence-corrected chi connectivity index (χ1v) is 7.08. The molecule has 0 aliphatic rings. The first-order chi connectivity index (χ1) is 10.3. The van der Waals surface area contributed by atoms with Crippen molar-refractivity contribution in [1.29, 1.82) is 0 Å². The second kappa shape index (κ2) is 6.66. The maximum atomic E-state index is 12.9. The Balaban J connectivity index is 3.18. The molecule has 0 atom stereocenters. The molecule has 0 aliphatic heterocycles. The number of pyridine rings is 1. The van der Waals surface area contributed by atoms with E-state index in [9.17, 15) is 23.3 Å². The van der Waals surface area contributed by atoms with Crippen LogP contribution < -0.4 is 10.2 Å². The molecule has 23 heavy (non-hydrogen) atoms. The Morgan fingerprint density at radius 1 is 1.17 bits per heavy atom. The Bertz CT molecular complexity index is 544. The monoisotopic (exact) mass is 335 g/mol. The van der Waals surface area contributed by atoms with Gasteiger partial charge >= 0.3 is 13.3 Å². The van der Waals surface area contributed by atoms with E-state index >= 15 is 0 Å². The van der Waals surface area contributed by atoms with Crippen LogP contribution in [0, 0.1) is 0 Å². The van der Waals surface area contributed by atoms with E-state index in [1.54, 1.807) is 6.92 Å². The summed E-state index contributed by atoms with van der Waals surface area (Å²) in [5.41, 5.74) is -3.88. The molecular formula is C14H21BF3NO4. The van der Waals surface area contributed by atoms with E-state index in [0.29, 0.717) is 6.07 Å². The van der Waals surface area contributed by atoms with Crippen molar-refractivity contribution in [1.82, 2.24) is 4.98 Å². The summed E-state index contributed by atoms with van der Waals surface area (Å²) in [5.74, 6) is -0.263. The molecule has 0 saturated heterocycles. The van der Waals surface area contributed by atoms with Gasteiger partial charge in [0.15, 0.2) is 0 Å². The van der Waals surface area contributed by atoms with Gasteiger partial charge in [-0.15, -0.1) is 0 Å². The third kappa shape index (κ3) is 5.09. The predicted molar refractivity (Wildman–Crippen MR) is 79.5 cm³/mol. The van der Waals surface area contributed by atoms with Gasteiger partial charge in [0.05, 0.1) is 17.8 Å². The van der Waals surface area contributed by atoms with Crippen molar-refractivity contribution in [2.75, 3.05) is 6.61 Å². The number of aliphatic hydroxyl groups is 1. The molecule has 1 rings (SSSR count). The Hall–Kier alpha value is -1.32. The van der Waals surface area contributed by atoms with Gasteiger partial charge in [-0.1, -0.05) is 0 Å². The summed E-state index contributed by atoms with van der Waals surface area (Å²) in [4.78, 5) is 3.36. The highest BCUT2D eigenvalue weighted by atomic mass is 19.4. The zero-order chi connectivity index (χ0) is 18.1. The quantitative estimate of drug-likeness (QED) is 0.775. The first kappa shape index (κ1) is 19.7. The fourth-order valence-electron chi connectivity index (χ4n) is 1.53. The largest absolute Gasteiger partial charge is 0.491 e. The number of alkyl halides is 3. The highest BCUT2D eigenvalue weighted by Crippen LogP contribution is 2.29. The fraction of sp³-hybridized carbons (Fsp3) is 0.643. The zero-order valence-corrected chi connectivity index (χ0v) is 13.7. The average molecular weight is 335 g/mol. The van der Waals surface area contributed by atoms with Crippen molar-refractivity contribution in [3.63, 3.8) is 0 Å². The Labute approximate surface area is 133 Å². The van der Waals surface area contributed by atoms with Gasteiger partial charge in [0, 0.05) is 6.07 Å². The van der Waals surface area contributed by atoms with Gasteiger partial charge in [-0.25, -0.2) is 4.98 Å². The van der Waals surface area contributed by atoms with Crippen molar-refractivity contribution in [3.8, 4) is 5.88 Å². The summed E-state index contributed by atoms with van der Waals surface area (Å²) in [5, 5.41) is 20.1. The molecule has 0 aliphatic carbocycles. The molecule has 0 saturated carbocycles. The highest BCUT2D eigenvalue weighted by Gasteiger charge is 2.41. The number of aromatic nitrogens is 1. The van der Waals surface area contributed by atoms with Crippen LogP contribution in [-0.4, -0.2) is 40.0 Å². The van der Waals surface area contributed by atoms with E-state index in [0.717, 1.165) is 0 Å². The van der Waals surface area contributed by atoms with Crippen molar-refractivity contribution < 1.29 is 32.7 Å². The maximum Gasteiger partial charge on any atom is 0.491 e. The third-order valence-electron chi connectivity index (χ3n) is 3.57. The van der Waals surface area contributed by atoms with Crippen LogP contribution in [0.2, 0.25) is 0 Å². The molecule has 0 bridgehead atoms. The lowest BCUT2D eigenvalue weighted by molar-refractivity contribution is -0.141. The number of ether oxygens (including phenoxy) is 1. The molecular weight excluding hydrogens is 314 g/mol. The summed E-state index contributed by atoms with van der Waals surface area (Å²) in [7, 11) is -1.68. The predicted octanol–water partition coefficient (Wildman–Crippen LogP) is 1.75. The standard InChI is InChI=1S/C14H21BF3NO4/c1-6-22-11-8-9(7-10(19-11)14(16,17)18)15(21)23-13(4,5)12(2,3)20/h7-8,20-21H,6H2,1-5H3. The highest BCUT2D eigenvalue weighted by molar-refractivity contribution is 6.60. The molecule has 2 N–H and O–H groups in total. The van der Waals surface area contributed by atoms with Crippen LogP contribution in [0.4, 0.5) is 13.2 Å². The molecule has 0 aromatic carbocycles. The minimum absolute atomic E-state index is 0.125. The lowest BCUT2D eigenvalue weighted by Crippen LogP contribution is -2.53. The molecule has 0 amide bonds. The lowest BCUT2D eigenvalue weighted by Gasteiger charge is -2.38. The molecule has 1 aromatic heterocycles. The third-order valence-corrected chi connectivity index (χ3v) is 3.57. The van der Waals surface area contributed by atoms with Crippen molar-refractivity contribution in [2.45, 2.75) is 52.0 Å². The van der Waals surface area contributed by atoms with Gasteiger partial charge in [0.25, 0.3) is 0 Å². The van der Waals surface area contributed by atoms with Gasteiger partial charge < -0.3 is 19.5 Å². The molecule has 1 aromatic rings. The van der Waals surface area contributed by atoms with Crippen LogP contribution in [0.25, 0.3) is 0 Å². The first-order valence-electron chi connectivity index (χ1n) is 7.08. The normalized spacial score (nSPS) is 13.1. The molecule has 0 spiro atoms. The molecule has 0 unspecified atom stereocenters. The Morgan fingerprint density at radius 3 is 2.17 bits per heavy atom. The lowest BCUT2D eigenvalue weighted by atomic mass is 9.76. The second-order valence-electron chi connectivity index (χ2n) is 6.09. The summed E-state index contributed by atoms with van der Waals surface area (Å²) in [6, 6.07) is 1.86. The molecule has 9 heteroatoms. The van der Waals surface area contributed by atoms with E-state index in [-0.39, 0.29) is 17.9 Å². The summed E-state index contributed by atoms with van der Waals surface area (Å²) in [6.45, 7) is 7.71. The molecule has 5 nitrogen and oxygen atoms in total.